The van der Waals surface area contributed by atoms with E-state index in [1.807, 2.05) is 26.0 Å². The van der Waals surface area contributed by atoms with E-state index in [1.54, 1.807) is 11.3 Å². The summed E-state index contributed by atoms with van der Waals surface area (Å²) in [5.41, 5.74) is 3.82. The second kappa shape index (κ2) is 5.95. The van der Waals surface area contributed by atoms with Crippen molar-refractivity contribution in [2.45, 2.75) is 26.9 Å². The van der Waals surface area contributed by atoms with Crippen LogP contribution in [0, 0.1) is 19.7 Å². The summed E-state index contributed by atoms with van der Waals surface area (Å²) in [4.78, 5) is 0. The second-order valence-corrected chi connectivity index (χ2v) is 6.70. The summed E-state index contributed by atoms with van der Waals surface area (Å²) < 4.78 is 14.6. The van der Waals surface area contributed by atoms with Gasteiger partial charge in [0.05, 0.1) is 3.79 Å². The molecule has 1 aromatic carbocycles. The smallest absolute Gasteiger partial charge is 0.129 e. The highest BCUT2D eigenvalue weighted by Crippen LogP contribution is 2.20. The molecule has 0 bridgehead atoms. The maximum atomic E-state index is 13.5. The van der Waals surface area contributed by atoms with Gasteiger partial charge in [-0.25, -0.2) is 4.39 Å². The lowest BCUT2D eigenvalue weighted by Gasteiger charge is -2.08. The SMILES string of the molecule is Cc1cc(CNCc2csc(Br)c2)cc(C)c1F. The minimum Gasteiger partial charge on any atom is -0.309 e. The molecule has 0 unspecified atom stereocenters. The van der Waals surface area contributed by atoms with Gasteiger partial charge in [-0.15, -0.1) is 11.3 Å². The van der Waals surface area contributed by atoms with E-state index in [0.29, 0.717) is 11.1 Å². The Hall–Kier alpha value is -0.710. The van der Waals surface area contributed by atoms with E-state index in [9.17, 15) is 4.39 Å². The Morgan fingerprint density at radius 2 is 1.72 bits per heavy atom. The van der Waals surface area contributed by atoms with E-state index in [-0.39, 0.29) is 5.82 Å². The number of benzene rings is 1. The molecule has 96 valence electrons. The van der Waals surface area contributed by atoms with Crippen molar-refractivity contribution in [1.29, 1.82) is 0 Å². The molecule has 0 aliphatic heterocycles. The molecule has 0 saturated heterocycles. The van der Waals surface area contributed by atoms with Crippen LogP contribution in [-0.2, 0) is 13.1 Å². The van der Waals surface area contributed by atoms with Gasteiger partial charge < -0.3 is 5.32 Å². The van der Waals surface area contributed by atoms with E-state index in [2.05, 4.69) is 32.7 Å². The van der Waals surface area contributed by atoms with E-state index >= 15 is 0 Å². The van der Waals surface area contributed by atoms with E-state index in [0.717, 1.165) is 22.4 Å². The number of hydrogen-bond acceptors (Lipinski definition) is 2. The van der Waals surface area contributed by atoms with Gasteiger partial charge in [0.15, 0.2) is 0 Å². The van der Waals surface area contributed by atoms with Gasteiger partial charge in [0, 0.05) is 13.1 Å². The van der Waals surface area contributed by atoms with Crippen LogP contribution in [0.15, 0.2) is 27.4 Å². The van der Waals surface area contributed by atoms with Crippen LogP contribution in [-0.4, -0.2) is 0 Å². The van der Waals surface area contributed by atoms with Crippen LogP contribution in [0.1, 0.15) is 22.3 Å². The van der Waals surface area contributed by atoms with Crippen LogP contribution in [0.25, 0.3) is 0 Å². The molecule has 0 aliphatic carbocycles. The highest BCUT2D eigenvalue weighted by atomic mass is 79.9. The average molecular weight is 328 g/mol. The quantitative estimate of drug-likeness (QED) is 0.868. The molecular formula is C14H15BrFNS. The number of halogens is 2. The van der Waals surface area contributed by atoms with E-state index in [1.165, 1.54) is 5.56 Å². The van der Waals surface area contributed by atoms with Gasteiger partial charge in [-0.05, 0) is 63.5 Å². The third-order valence-corrected chi connectivity index (χ3v) is 4.33. The first-order valence-electron chi connectivity index (χ1n) is 5.75. The standard InChI is InChI=1S/C14H15BrFNS/c1-9-3-11(4-10(2)14(9)16)6-17-7-12-5-13(15)18-8-12/h3-5,8,17H,6-7H2,1-2H3. The third-order valence-electron chi connectivity index (χ3n) is 2.78. The van der Waals surface area contributed by atoms with Crippen LogP contribution in [0.2, 0.25) is 0 Å². The van der Waals surface area contributed by atoms with Crippen molar-refractivity contribution < 1.29 is 4.39 Å². The van der Waals surface area contributed by atoms with Crippen LogP contribution in [0.3, 0.4) is 0 Å². The lowest BCUT2D eigenvalue weighted by molar-refractivity contribution is 0.606. The first kappa shape index (κ1) is 13.7. The zero-order valence-electron chi connectivity index (χ0n) is 10.4. The van der Waals surface area contributed by atoms with Crippen molar-refractivity contribution in [1.82, 2.24) is 5.32 Å². The summed E-state index contributed by atoms with van der Waals surface area (Å²) in [6.07, 6.45) is 0. The van der Waals surface area contributed by atoms with Crippen molar-refractivity contribution in [2.24, 2.45) is 0 Å². The molecule has 2 rings (SSSR count). The Labute approximate surface area is 119 Å². The van der Waals surface area contributed by atoms with Crippen LogP contribution >= 0.6 is 27.3 Å². The fourth-order valence-corrected chi connectivity index (χ4v) is 3.14. The molecule has 0 amide bonds. The molecule has 0 aliphatic rings. The summed E-state index contributed by atoms with van der Waals surface area (Å²) in [6.45, 7) is 5.20. The number of thiophene rings is 1. The predicted octanol–water partition coefficient (Wildman–Crippen LogP) is 4.56. The summed E-state index contributed by atoms with van der Waals surface area (Å²) >= 11 is 5.13. The minimum atomic E-state index is -0.0967. The molecule has 0 saturated carbocycles. The van der Waals surface area contributed by atoms with Crippen LogP contribution in [0.4, 0.5) is 4.39 Å². The zero-order valence-corrected chi connectivity index (χ0v) is 12.8. The van der Waals surface area contributed by atoms with Crippen molar-refractivity contribution in [3.05, 3.63) is 55.4 Å². The summed E-state index contributed by atoms with van der Waals surface area (Å²) in [5.74, 6) is -0.0967. The van der Waals surface area contributed by atoms with Gasteiger partial charge >= 0.3 is 0 Å². The molecule has 1 N–H and O–H groups in total. The average Bonchev–Trinajstić information content (AvgIpc) is 2.72. The molecule has 1 aromatic heterocycles. The summed E-state index contributed by atoms with van der Waals surface area (Å²) in [6, 6.07) is 5.91. The van der Waals surface area contributed by atoms with E-state index < -0.39 is 0 Å². The molecule has 0 fully saturated rings. The fourth-order valence-electron chi connectivity index (χ4n) is 1.93. The van der Waals surface area contributed by atoms with Crippen LogP contribution in [0.5, 0.6) is 0 Å². The Balaban J connectivity index is 1.94. The van der Waals surface area contributed by atoms with Gasteiger partial charge in [-0.2, -0.15) is 0 Å². The van der Waals surface area contributed by atoms with E-state index in [4.69, 9.17) is 0 Å². The number of rotatable bonds is 4. The Morgan fingerprint density at radius 1 is 1.11 bits per heavy atom. The van der Waals surface area contributed by atoms with Crippen molar-refractivity contribution in [3.8, 4) is 0 Å². The third kappa shape index (κ3) is 3.40. The lowest BCUT2D eigenvalue weighted by atomic mass is 10.1. The molecular weight excluding hydrogens is 313 g/mol. The molecule has 0 radical (unpaired) electrons. The minimum absolute atomic E-state index is 0.0967. The molecule has 0 atom stereocenters. The van der Waals surface area contributed by atoms with Crippen molar-refractivity contribution in [3.63, 3.8) is 0 Å². The number of nitrogens with one attached hydrogen (secondary N) is 1. The highest BCUT2D eigenvalue weighted by molar-refractivity contribution is 9.11. The predicted molar refractivity (Wildman–Crippen MR) is 78.4 cm³/mol. The lowest BCUT2D eigenvalue weighted by Crippen LogP contribution is -2.12. The maximum Gasteiger partial charge on any atom is 0.129 e. The monoisotopic (exact) mass is 327 g/mol. The Morgan fingerprint density at radius 3 is 2.28 bits per heavy atom. The van der Waals surface area contributed by atoms with Gasteiger partial charge in [0.25, 0.3) is 0 Å². The normalized spacial score (nSPS) is 10.9. The second-order valence-electron chi connectivity index (χ2n) is 4.41. The van der Waals surface area contributed by atoms with Gasteiger partial charge in [-0.3, -0.25) is 0 Å². The first-order valence-corrected chi connectivity index (χ1v) is 7.43. The molecule has 1 heterocycles. The zero-order chi connectivity index (χ0) is 13.1. The molecule has 18 heavy (non-hydrogen) atoms. The highest BCUT2D eigenvalue weighted by Gasteiger charge is 2.04. The maximum absolute atomic E-state index is 13.5. The van der Waals surface area contributed by atoms with Crippen LogP contribution < -0.4 is 5.32 Å². The number of hydrogen-bond donors (Lipinski definition) is 1. The Bertz CT molecular complexity index is 527. The topological polar surface area (TPSA) is 12.0 Å². The molecule has 2 aromatic rings. The first-order chi connectivity index (χ1) is 8.56. The van der Waals surface area contributed by atoms with Crippen molar-refractivity contribution in [2.75, 3.05) is 0 Å². The molecule has 0 spiro atoms. The molecule has 1 nitrogen and oxygen atoms in total. The molecule has 4 heteroatoms. The van der Waals surface area contributed by atoms with Crippen molar-refractivity contribution >= 4 is 27.3 Å². The summed E-state index contributed by atoms with van der Waals surface area (Å²) in [5, 5.41) is 5.49. The summed E-state index contributed by atoms with van der Waals surface area (Å²) in [7, 11) is 0. The van der Waals surface area contributed by atoms with Gasteiger partial charge in [0.1, 0.15) is 5.82 Å². The number of aryl methyl sites for hydroxylation is 2. The van der Waals surface area contributed by atoms with Gasteiger partial charge in [-0.1, -0.05) is 12.1 Å². The Kier molecular flexibility index (Phi) is 4.54. The fraction of sp³-hybridized carbons (Fsp3) is 0.286. The van der Waals surface area contributed by atoms with Gasteiger partial charge in [0.2, 0.25) is 0 Å². The largest absolute Gasteiger partial charge is 0.309 e.